The molecule has 6 unspecified atom stereocenters. The Morgan fingerprint density at radius 1 is 0.736 bits per heavy atom. The summed E-state index contributed by atoms with van der Waals surface area (Å²) in [5, 5.41) is 106. The van der Waals surface area contributed by atoms with Gasteiger partial charge in [0.1, 0.15) is 85.5 Å². The van der Waals surface area contributed by atoms with Crippen LogP contribution in [0.1, 0.15) is 75.1 Å². The van der Waals surface area contributed by atoms with Gasteiger partial charge in [-0.15, -0.1) is 0 Å². The maximum Gasteiger partial charge on any atom is 0.315 e. The van der Waals surface area contributed by atoms with Gasteiger partial charge in [-0.2, -0.15) is 11.8 Å². The summed E-state index contributed by atoms with van der Waals surface area (Å²) in [6, 6.07) is 5.28. The van der Waals surface area contributed by atoms with E-state index < -0.39 is 118 Å². The Labute approximate surface area is 419 Å². The molecule has 1 aromatic rings. The number of benzene rings is 1. The van der Waals surface area contributed by atoms with Crippen molar-refractivity contribution in [2.75, 3.05) is 45.3 Å². The van der Waals surface area contributed by atoms with Crippen molar-refractivity contribution in [3.05, 3.63) is 29.8 Å². The number of nitrogens with one attached hydrogen (secondary N) is 4. The van der Waals surface area contributed by atoms with E-state index in [0.717, 1.165) is 25.0 Å². The molecule has 5 fully saturated rings. The Morgan fingerprint density at radius 2 is 1.42 bits per heavy atom. The van der Waals surface area contributed by atoms with Gasteiger partial charge in [0.2, 0.25) is 11.8 Å². The fourth-order valence-corrected chi connectivity index (χ4v) is 10.7. The number of fused-ring (bicyclic) bond motifs is 1. The molecule has 25 nitrogen and oxygen atoms in total. The molecule has 0 aliphatic carbocycles. The van der Waals surface area contributed by atoms with Crippen LogP contribution < -0.4 is 26.0 Å². The van der Waals surface area contributed by atoms with Crippen LogP contribution in [0.25, 0.3) is 0 Å². The first-order valence-corrected chi connectivity index (χ1v) is 25.4. The van der Waals surface area contributed by atoms with Gasteiger partial charge >= 0.3 is 6.03 Å². The molecular formula is C46H70N4O21S. The highest BCUT2D eigenvalue weighted by atomic mass is 32.2. The van der Waals surface area contributed by atoms with Crippen LogP contribution in [0.15, 0.2) is 24.3 Å². The summed E-state index contributed by atoms with van der Waals surface area (Å²) in [7, 11) is 0. The number of aliphatic hydroxyl groups is 9. The van der Waals surface area contributed by atoms with Crippen LogP contribution in [0.3, 0.4) is 0 Å². The number of rotatable bonds is 27. The topological polar surface area (TPSA) is 380 Å². The van der Waals surface area contributed by atoms with Crippen LogP contribution in [0.4, 0.5) is 4.79 Å². The number of carbonyl (C=O) groups is 5. The second-order valence-corrected chi connectivity index (χ2v) is 19.7. The lowest BCUT2D eigenvalue weighted by molar-refractivity contribution is -0.376. The van der Waals surface area contributed by atoms with Crippen molar-refractivity contribution >= 4 is 41.2 Å². The number of carbonyl (C=O) groups excluding carboxylic acids is 5. The quantitative estimate of drug-likeness (QED) is 0.0228. The van der Waals surface area contributed by atoms with Gasteiger partial charge in [-0.25, -0.2) is 4.79 Å². The minimum absolute atomic E-state index is 0.0294. The number of ether oxygens (including phenoxy) is 7. The molecule has 13 N–H and O–H groups in total. The SMILES string of the molecule is CC(=O)NC1[C@H](OCCCCC(=O)c2cccc(OCC(=O)CCCNC(=O)CCCC[C@@H]3SC[C@@H]4NC(=O)N[C@@H]43)c2)OC(CO)[C@@H](O[C@@H]2OC(CO)[C@H](O)[C@H](O[C@H]3OC(CO)[C@H](O)C(O)[C@@H]3O)C2O)[C@@H]1O. The number of ketones is 2. The average molecular weight is 1050 g/mol. The van der Waals surface area contributed by atoms with Gasteiger partial charge in [-0.3, -0.25) is 19.2 Å². The molecule has 0 bridgehead atoms. The lowest BCUT2D eigenvalue weighted by Crippen LogP contribution is -2.68. The van der Waals surface area contributed by atoms with Crippen LogP contribution in [0.5, 0.6) is 5.75 Å². The molecule has 5 saturated heterocycles. The molecule has 4 amide bonds. The van der Waals surface area contributed by atoms with Crippen molar-refractivity contribution in [1.29, 1.82) is 0 Å². The number of unbranched alkanes of at least 4 members (excludes halogenated alkanes) is 2. The van der Waals surface area contributed by atoms with Crippen molar-refractivity contribution in [3.8, 4) is 5.75 Å². The van der Waals surface area contributed by atoms with Crippen LogP contribution in [0, 0.1) is 0 Å². The summed E-state index contributed by atoms with van der Waals surface area (Å²) in [5.74, 6) is 0.156. The van der Waals surface area contributed by atoms with Crippen LogP contribution in [0.2, 0.25) is 0 Å². The Balaban J connectivity index is 0.899. The van der Waals surface area contributed by atoms with Crippen LogP contribution in [-0.4, -0.2) is 230 Å². The predicted molar refractivity (Wildman–Crippen MR) is 248 cm³/mol. The van der Waals surface area contributed by atoms with Crippen molar-refractivity contribution in [1.82, 2.24) is 21.3 Å². The van der Waals surface area contributed by atoms with E-state index in [1.807, 2.05) is 11.8 Å². The fraction of sp³-hybridized carbons (Fsp3) is 0.761. The molecule has 1 aromatic carbocycles. The van der Waals surface area contributed by atoms with Crippen LogP contribution in [-0.2, 0) is 42.8 Å². The lowest BCUT2D eigenvalue weighted by Gasteiger charge is -2.48. The highest BCUT2D eigenvalue weighted by Gasteiger charge is 2.54. The summed E-state index contributed by atoms with van der Waals surface area (Å²) >= 11 is 1.84. The summed E-state index contributed by atoms with van der Waals surface area (Å²) in [5.41, 5.74) is 0.358. The molecule has 26 heteroatoms. The van der Waals surface area contributed by atoms with E-state index in [4.69, 9.17) is 33.2 Å². The van der Waals surface area contributed by atoms with Gasteiger partial charge in [0.05, 0.1) is 31.9 Å². The zero-order chi connectivity index (χ0) is 52.1. The molecule has 5 heterocycles. The molecule has 5 aliphatic rings. The number of amides is 4. The van der Waals surface area contributed by atoms with Crippen molar-refractivity contribution in [3.63, 3.8) is 0 Å². The summed E-state index contributed by atoms with van der Waals surface area (Å²) < 4.78 is 39.9. The van der Waals surface area contributed by atoms with Gasteiger partial charge < -0.3 is 100 Å². The minimum atomic E-state index is -1.97. The zero-order valence-corrected chi connectivity index (χ0v) is 40.7. The van der Waals surface area contributed by atoms with E-state index in [-0.39, 0.29) is 61.6 Å². The zero-order valence-electron chi connectivity index (χ0n) is 39.8. The number of hydrogen-bond donors (Lipinski definition) is 13. The van der Waals surface area contributed by atoms with Crippen LogP contribution >= 0.6 is 11.8 Å². The molecule has 72 heavy (non-hydrogen) atoms. The maximum atomic E-state index is 13.1. The summed E-state index contributed by atoms with van der Waals surface area (Å²) in [4.78, 5) is 61.8. The minimum Gasteiger partial charge on any atom is -0.486 e. The first-order valence-electron chi connectivity index (χ1n) is 24.3. The lowest BCUT2D eigenvalue weighted by atomic mass is 9.95. The third-order valence-corrected chi connectivity index (χ3v) is 14.7. The molecule has 0 radical (unpaired) electrons. The molecule has 5 aliphatic heterocycles. The summed E-state index contributed by atoms with van der Waals surface area (Å²) in [6.07, 6.45) is -19.3. The molecule has 6 rings (SSSR count). The number of thioether (sulfide) groups is 1. The largest absolute Gasteiger partial charge is 0.486 e. The first kappa shape index (κ1) is 57.6. The monoisotopic (exact) mass is 1050 g/mol. The van der Waals surface area contributed by atoms with Crippen molar-refractivity contribution in [2.24, 2.45) is 0 Å². The van der Waals surface area contributed by atoms with E-state index in [0.29, 0.717) is 48.8 Å². The van der Waals surface area contributed by atoms with Gasteiger partial charge in [-0.05, 0) is 44.2 Å². The highest BCUT2D eigenvalue weighted by molar-refractivity contribution is 8.00. The predicted octanol–water partition coefficient (Wildman–Crippen LogP) is -3.78. The Bertz CT molecular complexity index is 1940. The number of hydrogen-bond acceptors (Lipinski definition) is 22. The van der Waals surface area contributed by atoms with E-state index in [1.165, 1.54) is 13.0 Å². The van der Waals surface area contributed by atoms with Gasteiger partial charge in [0.25, 0.3) is 0 Å². The van der Waals surface area contributed by atoms with Gasteiger partial charge in [-0.1, -0.05) is 18.6 Å². The van der Waals surface area contributed by atoms with Crippen molar-refractivity contribution < 1.29 is 103 Å². The van der Waals surface area contributed by atoms with E-state index in [9.17, 15) is 69.9 Å². The molecule has 0 spiro atoms. The average Bonchev–Trinajstić information content (AvgIpc) is 3.93. The molecule has 0 saturated carbocycles. The number of aliphatic hydroxyl groups excluding tert-OH is 9. The molecule has 406 valence electrons. The Hall–Kier alpha value is -3.68. The smallest absolute Gasteiger partial charge is 0.315 e. The third-order valence-electron chi connectivity index (χ3n) is 13.1. The normalized spacial score (nSPS) is 35.4. The molecule has 18 atom stereocenters. The third kappa shape index (κ3) is 15.2. The van der Waals surface area contributed by atoms with Crippen molar-refractivity contribution in [2.45, 2.75) is 174 Å². The molecular weight excluding hydrogens is 977 g/mol. The Kier molecular flexibility index (Phi) is 22.2. The number of urea groups is 1. The van der Waals surface area contributed by atoms with E-state index in [1.54, 1.807) is 18.2 Å². The second kappa shape index (κ2) is 27.7. The molecule has 0 aromatic heterocycles. The standard InChI is InChI=1S/C46H70N4O21S/c1-22(54)48-34-37(60)41(70-45-40(63)42(36(59)29(18-52)68-45)71-44-39(62)38(61)35(58)28(17-51)67-44)30(19-53)69-43(34)65-15-5-4-11-27(56)23-8-6-10-25(16-23)66-20-24(55)9-7-14-47-32(57)13-3-2-12-31-33-26(21-72-31)49-46(64)50-33/h6,8,10,16,26,28-31,33-45,51-53,58-63H,2-5,7,9,11-15,17-21H2,1H3,(H,47,57)(H,48,54)(H2,49,50,64)/t26-,28?,29?,30?,31-,33-,34?,35-,36-,37+,38?,39-,40?,41+,42-,43+,44+,45-/m0/s1. The fourth-order valence-electron chi connectivity index (χ4n) is 9.18. The van der Waals surface area contributed by atoms with E-state index in [2.05, 4.69) is 21.3 Å². The van der Waals surface area contributed by atoms with Gasteiger partial charge in [0.15, 0.2) is 30.4 Å². The first-order chi connectivity index (χ1) is 34.5. The van der Waals surface area contributed by atoms with E-state index >= 15 is 0 Å². The van der Waals surface area contributed by atoms with Gasteiger partial charge in [0, 0.05) is 55.9 Å². The summed E-state index contributed by atoms with van der Waals surface area (Å²) in [6.45, 7) is -1.16. The number of Topliss-reactive ketones (excluding diaryl/α,β-unsaturated/α-hetero) is 2. The maximum absolute atomic E-state index is 13.1. The second-order valence-electron chi connectivity index (χ2n) is 18.5. The Morgan fingerprint density at radius 3 is 2.14 bits per heavy atom. The highest BCUT2D eigenvalue weighted by Crippen LogP contribution is 2.35.